The summed E-state index contributed by atoms with van der Waals surface area (Å²) >= 11 is 6.84. The lowest BCUT2D eigenvalue weighted by atomic mass is 9.92. The van der Waals surface area contributed by atoms with E-state index >= 15 is 0 Å². The Morgan fingerprint density at radius 3 is 1.63 bits per heavy atom. The van der Waals surface area contributed by atoms with Gasteiger partial charge in [0.25, 0.3) is 5.91 Å². The van der Waals surface area contributed by atoms with Crippen LogP contribution in [0.4, 0.5) is 0 Å². The number of carbonyl (C=O) groups is 3. The first-order chi connectivity index (χ1) is 37.1. The molecular formula is C62H50ClN9O4. The highest BCUT2D eigenvalue weighted by Gasteiger charge is 2.34. The monoisotopic (exact) mass is 1020 g/mol. The number of hydrogen-bond acceptors (Lipinski definition) is 9. The number of aromatic nitrogens is 7. The third kappa shape index (κ3) is 10.1. The van der Waals surface area contributed by atoms with E-state index in [0.29, 0.717) is 52.8 Å². The minimum atomic E-state index is -0.268. The van der Waals surface area contributed by atoms with Gasteiger partial charge in [-0.25, -0.2) is 4.98 Å². The summed E-state index contributed by atoms with van der Waals surface area (Å²) in [4.78, 5) is 50.0. The van der Waals surface area contributed by atoms with Gasteiger partial charge in [0.15, 0.2) is 5.65 Å². The van der Waals surface area contributed by atoms with Crippen molar-refractivity contribution in [1.82, 2.24) is 39.7 Å². The van der Waals surface area contributed by atoms with Crippen LogP contribution >= 0.6 is 11.6 Å². The number of allylic oxidation sites excluding steroid dienone is 2. The van der Waals surface area contributed by atoms with Gasteiger partial charge in [0.2, 0.25) is 17.7 Å². The lowest BCUT2D eigenvalue weighted by Crippen LogP contribution is -2.32. The Morgan fingerprint density at radius 2 is 1.11 bits per heavy atom. The Kier molecular flexibility index (Phi) is 14.6. The Balaban J connectivity index is 0.000000159. The van der Waals surface area contributed by atoms with E-state index in [1.54, 1.807) is 37.9 Å². The van der Waals surface area contributed by atoms with E-state index in [1.807, 2.05) is 170 Å². The van der Waals surface area contributed by atoms with E-state index in [4.69, 9.17) is 31.5 Å². The number of methoxy groups -OCH3 is 1. The summed E-state index contributed by atoms with van der Waals surface area (Å²) in [5, 5.41) is 15.1. The number of pyridine rings is 2. The number of halogens is 1. The number of nitrogens with two attached hydrogens (primary N) is 1. The van der Waals surface area contributed by atoms with Crippen LogP contribution in [0.5, 0.6) is 5.88 Å². The molecule has 0 aliphatic carbocycles. The van der Waals surface area contributed by atoms with Crippen molar-refractivity contribution in [3.8, 4) is 61.8 Å². The van der Waals surface area contributed by atoms with E-state index in [0.717, 1.165) is 83.4 Å². The fourth-order valence-corrected chi connectivity index (χ4v) is 9.47. The standard InChI is InChI=1S/C31H24N4O2.C28H19ClN4O.C3H7NO/c1-2-27(36)33-25-19-26-29(20-10-5-3-6-11-20)30(21-12-7-4-8-13-21)34-35(26)31(37)28(25)23-15-16-24-22(18-23)14-9-17-32-24;1-34-28-24(21-14-15-22-20(17-21)13-8-16-30-22)26(29)31-27-23(18-9-4-2-5-10-18)25(32-33(27)28)19-11-6-3-7-12-19;1-2-3(4)5/h3-18H,2,19H2,1H3,(H,33,36);2-17H,1H3;2H2,1H3,(H2,4,5). The highest BCUT2D eigenvalue weighted by Crippen LogP contribution is 2.43. The summed E-state index contributed by atoms with van der Waals surface area (Å²) < 4.78 is 9.16. The lowest BCUT2D eigenvalue weighted by Gasteiger charge is -2.22. The molecule has 2 amide bonds. The third-order valence-electron chi connectivity index (χ3n) is 12.9. The number of ether oxygens (including phenoxy) is 1. The largest absolute Gasteiger partial charge is 0.480 e. The molecule has 13 nitrogen and oxygen atoms in total. The summed E-state index contributed by atoms with van der Waals surface area (Å²) in [6.45, 7) is 3.53. The second-order valence-electron chi connectivity index (χ2n) is 17.7. The molecule has 3 N–H and O–H groups in total. The van der Waals surface area contributed by atoms with Gasteiger partial charge in [0.05, 0.1) is 40.5 Å². The number of carbonyl (C=O) groups excluding carboxylic acids is 3. The van der Waals surface area contributed by atoms with Crippen molar-refractivity contribution in [3.63, 3.8) is 0 Å². The number of nitrogens with one attached hydrogen (secondary N) is 1. The number of primary amides is 1. The van der Waals surface area contributed by atoms with E-state index in [2.05, 4.69) is 33.2 Å². The van der Waals surface area contributed by atoms with E-state index in [1.165, 1.54) is 4.68 Å². The summed E-state index contributed by atoms with van der Waals surface area (Å²) in [5.41, 5.74) is 18.4. The number of nitrogens with zero attached hydrogens (tertiary/aromatic N) is 7. The van der Waals surface area contributed by atoms with Crippen molar-refractivity contribution in [3.05, 3.63) is 216 Å². The van der Waals surface area contributed by atoms with Crippen LogP contribution < -0.4 is 15.8 Å². The number of benzene rings is 6. The first-order valence-electron chi connectivity index (χ1n) is 24.7. The second kappa shape index (κ2) is 22.3. The van der Waals surface area contributed by atoms with Gasteiger partial charge in [-0.1, -0.05) is 171 Å². The topological polar surface area (TPSA) is 172 Å². The van der Waals surface area contributed by atoms with Crippen LogP contribution in [0.15, 0.2) is 200 Å². The van der Waals surface area contributed by atoms with Gasteiger partial charge in [-0.15, -0.1) is 0 Å². The van der Waals surface area contributed by atoms with Crippen LogP contribution in [-0.4, -0.2) is 59.2 Å². The number of fused-ring (bicyclic) bond motifs is 4. The number of rotatable bonds is 10. The van der Waals surface area contributed by atoms with E-state index in [-0.39, 0.29) is 17.7 Å². The summed E-state index contributed by atoms with van der Waals surface area (Å²) in [6.07, 6.45) is 4.64. The van der Waals surface area contributed by atoms with Crippen molar-refractivity contribution in [2.45, 2.75) is 33.1 Å². The van der Waals surface area contributed by atoms with Crippen molar-refractivity contribution in [2.75, 3.05) is 7.11 Å². The van der Waals surface area contributed by atoms with Gasteiger partial charge < -0.3 is 15.8 Å². The minimum absolute atomic E-state index is 0.139. The van der Waals surface area contributed by atoms with Crippen molar-refractivity contribution in [1.29, 1.82) is 0 Å². The molecule has 0 spiro atoms. The second-order valence-corrected chi connectivity index (χ2v) is 18.0. The van der Waals surface area contributed by atoms with Gasteiger partial charge in [-0.2, -0.15) is 19.4 Å². The number of hydrogen-bond donors (Lipinski definition) is 2. The van der Waals surface area contributed by atoms with Crippen LogP contribution in [0.25, 0.3) is 88.9 Å². The third-order valence-corrected chi connectivity index (χ3v) is 13.1. The van der Waals surface area contributed by atoms with E-state index in [9.17, 15) is 14.4 Å². The van der Waals surface area contributed by atoms with Gasteiger partial charge in [-0.3, -0.25) is 24.4 Å². The molecule has 76 heavy (non-hydrogen) atoms. The zero-order chi connectivity index (χ0) is 52.7. The molecule has 12 rings (SSSR count). The maximum absolute atomic E-state index is 14.1. The van der Waals surface area contributed by atoms with Crippen LogP contribution in [0, 0.1) is 0 Å². The zero-order valence-corrected chi connectivity index (χ0v) is 42.6. The molecule has 6 aromatic carbocycles. The Morgan fingerprint density at radius 1 is 0.605 bits per heavy atom. The minimum Gasteiger partial charge on any atom is -0.480 e. The molecule has 0 unspecified atom stereocenters. The molecule has 0 atom stereocenters. The van der Waals surface area contributed by atoms with Crippen molar-refractivity contribution in [2.24, 2.45) is 5.73 Å². The van der Waals surface area contributed by atoms with Crippen LogP contribution in [0.3, 0.4) is 0 Å². The van der Waals surface area contributed by atoms with Gasteiger partial charge in [0, 0.05) is 64.8 Å². The smallest absolute Gasteiger partial charge is 0.280 e. The first kappa shape index (κ1) is 50.0. The lowest BCUT2D eigenvalue weighted by molar-refractivity contribution is -0.120. The molecule has 0 saturated carbocycles. The normalized spacial score (nSPS) is 11.9. The molecule has 0 bridgehead atoms. The molecule has 14 heteroatoms. The predicted octanol–water partition coefficient (Wildman–Crippen LogP) is 12.7. The van der Waals surface area contributed by atoms with Crippen LogP contribution in [0.1, 0.15) is 42.7 Å². The SMILES string of the molecule is CCC(=O)NC1=C(c2ccc3ncccc3c2)C(=O)n2nc(-c3ccccc3)c(-c3ccccc3)c2C1.CCC(N)=O.COc1c(-c2ccc3ncccc3c2)c(Cl)nc2c(-c3ccccc3)c(-c3ccccc3)nn12. The molecule has 0 saturated heterocycles. The zero-order valence-electron chi connectivity index (χ0n) is 41.8. The summed E-state index contributed by atoms with van der Waals surface area (Å²) in [6, 6.07) is 59.5. The van der Waals surface area contributed by atoms with Crippen molar-refractivity contribution >= 4 is 62.3 Å². The van der Waals surface area contributed by atoms with Gasteiger partial charge >= 0.3 is 0 Å². The molecule has 1 aliphatic heterocycles. The predicted molar refractivity (Wildman–Crippen MR) is 300 cm³/mol. The number of amides is 2. The first-order valence-corrected chi connectivity index (χ1v) is 25.1. The average Bonchev–Trinajstić information content (AvgIpc) is 4.12. The molecule has 11 aromatic rings. The fraction of sp³-hybridized carbons (Fsp3) is 0.0968. The van der Waals surface area contributed by atoms with Gasteiger partial charge in [-0.05, 0) is 58.7 Å². The van der Waals surface area contributed by atoms with Crippen molar-refractivity contribution < 1.29 is 19.1 Å². The Bertz CT molecular complexity index is 3970. The fourth-order valence-electron chi connectivity index (χ4n) is 9.20. The molecular weight excluding hydrogens is 970 g/mol. The Hall–Kier alpha value is -9.59. The highest BCUT2D eigenvalue weighted by molar-refractivity contribution is 6.32. The summed E-state index contributed by atoms with van der Waals surface area (Å²) in [7, 11) is 1.63. The highest BCUT2D eigenvalue weighted by atomic mass is 35.5. The molecule has 374 valence electrons. The summed E-state index contributed by atoms with van der Waals surface area (Å²) in [5.74, 6) is -0.127. The Labute approximate surface area is 443 Å². The van der Waals surface area contributed by atoms with Crippen LogP contribution in [-0.2, 0) is 16.0 Å². The molecule has 6 heterocycles. The molecule has 5 aromatic heterocycles. The van der Waals surface area contributed by atoms with E-state index < -0.39 is 0 Å². The quantitative estimate of drug-likeness (QED) is 0.126. The average molecular weight is 1020 g/mol. The maximum Gasteiger partial charge on any atom is 0.280 e. The molecule has 0 fully saturated rings. The van der Waals surface area contributed by atoms with Crippen LogP contribution in [0.2, 0.25) is 5.15 Å². The maximum atomic E-state index is 14.1. The van der Waals surface area contributed by atoms with Gasteiger partial charge in [0.1, 0.15) is 16.5 Å². The molecule has 1 aliphatic rings. The molecule has 0 radical (unpaired) electrons.